The monoisotopic (exact) mass is 326 g/mol. The lowest BCUT2D eigenvalue weighted by Gasteiger charge is -2.41. The van der Waals surface area contributed by atoms with Gasteiger partial charge in [0.1, 0.15) is 5.75 Å². The zero-order valence-electron chi connectivity index (χ0n) is 11.7. The predicted molar refractivity (Wildman–Crippen MR) is 82.5 cm³/mol. The lowest BCUT2D eigenvalue weighted by Crippen LogP contribution is -2.41. The van der Waals surface area contributed by atoms with Gasteiger partial charge in [-0.1, -0.05) is 13.0 Å². The molecule has 0 aromatic heterocycles. The molecule has 1 heterocycles. The summed E-state index contributed by atoms with van der Waals surface area (Å²) in [6.07, 6.45) is 2.48. The zero-order chi connectivity index (χ0) is 13.8. The molecule has 1 aliphatic heterocycles. The van der Waals surface area contributed by atoms with Gasteiger partial charge in [-0.3, -0.25) is 4.90 Å². The minimum Gasteiger partial charge on any atom is -0.496 e. The van der Waals surface area contributed by atoms with Gasteiger partial charge < -0.3 is 10.5 Å². The van der Waals surface area contributed by atoms with E-state index in [4.69, 9.17) is 10.5 Å². The molecule has 1 fully saturated rings. The minimum atomic E-state index is 0.436. The highest BCUT2D eigenvalue weighted by atomic mass is 79.9. The van der Waals surface area contributed by atoms with E-state index >= 15 is 0 Å². The Labute approximate surface area is 124 Å². The van der Waals surface area contributed by atoms with E-state index in [0.29, 0.717) is 12.0 Å². The SMILES string of the molecule is CCN1CCCC(CN)C1c1ccc(OC)c(Br)c1. The van der Waals surface area contributed by atoms with E-state index in [2.05, 4.69) is 39.9 Å². The van der Waals surface area contributed by atoms with Crippen LogP contribution in [0.5, 0.6) is 5.75 Å². The molecule has 1 aromatic carbocycles. The number of hydrogen-bond acceptors (Lipinski definition) is 3. The molecule has 2 rings (SSSR count). The summed E-state index contributed by atoms with van der Waals surface area (Å²) in [6.45, 7) is 5.22. The molecule has 2 N–H and O–H groups in total. The van der Waals surface area contributed by atoms with Crippen LogP contribution in [0.4, 0.5) is 0 Å². The Morgan fingerprint density at radius 1 is 1.47 bits per heavy atom. The van der Waals surface area contributed by atoms with Gasteiger partial charge in [0.25, 0.3) is 0 Å². The van der Waals surface area contributed by atoms with Gasteiger partial charge in [0, 0.05) is 6.04 Å². The van der Waals surface area contributed by atoms with Gasteiger partial charge in [-0.15, -0.1) is 0 Å². The van der Waals surface area contributed by atoms with Crippen LogP contribution >= 0.6 is 15.9 Å². The van der Waals surface area contributed by atoms with E-state index in [0.717, 1.165) is 23.3 Å². The molecule has 0 amide bonds. The summed E-state index contributed by atoms with van der Waals surface area (Å²) in [7, 11) is 1.70. The molecule has 1 aliphatic rings. The number of methoxy groups -OCH3 is 1. The number of nitrogens with two attached hydrogens (primary N) is 1. The van der Waals surface area contributed by atoms with Crippen molar-refractivity contribution in [1.82, 2.24) is 4.90 Å². The number of piperidine rings is 1. The van der Waals surface area contributed by atoms with E-state index in [1.165, 1.54) is 24.9 Å². The highest BCUT2D eigenvalue weighted by Gasteiger charge is 2.31. The lowest BCUT2D eigenvalue weighted by atomic mass is 9.84. The van der Waals surface area contributed by atoms with Crippen molar-refractivity contribution < 1.29 is 4.74 Å². The second-order valence-corrected chi connectivity index (χ2v) is 5.96. The fourth-order valence-corrected chi connectivity index (χ4v) is 3.66. The summed E-state index contributed by atoms with van der Waals surface area (Å²) in [5.74, 6) is 1.43. The first-order valence-corrected chi connectivity index (χ1v) is 7.78. The third-order valence-corrected chi connectivity index (χ3v) is 4.71. The Morgan fingerprint density at radius 3 is 2.84 bits per heavy atom. The second kappa shape index (κ2) is 6.73. The quantitative estimate of drug-likeness (QED) is 0.923. The Bertz CT molecular complexity index is 413. The van der Waals surface area contributed by atoms with Crippen LogP contribution in [0.1, 0.15) is 31.4 Å². The van der Waals surface area contributed by atoms with Gasteiger partial charge >= 0.3 is 0 Å². The van der Waals surface area contributed by atoms with Crippen LogP contribution in [-0.2, 0) is 0 Å². The predicted octanol–water partition coefficient (Wildman–Crippen LogP) is 3.19. The third kappa shape index (κ3) is 3.12. The van der Waals surface area contributed by atoms with Crippen LogP contribution in [0.2, 0.25) is 0 Å². The van der Waals surface area contributed by atoms with Crippen molar-refractivity contribution in [2.24, 2.45) is 11.7 Å². The molecule has 2 atom stereocenters. The maximum atomic E-state index is 5.98. The summed E-state index contributed by atoms with van der Waals surface area (Å²) in [6, 6.07) is 6.83. The van der Waals surface area contributed by atoms with E-state index in [-0.39, 0.29) is 0 Å². The number of likely N-dealkylation sites (tertiary alicyclic amines) is 1. The molecule has 0 bridgehead atoms. The average Bonchev–Trinajstić information content (AvgIpc) is 2.46. The van der Waals surface area contributed by atoms with Crippen LogP contribution in [-0.4, -0.2) is 31.6 Å². The van der Waals surface area contributed by atoms with Gasteiger partial charge in [0.05, 0.1) is 11.6 Å². The minimum absolute atomic E-state index is 0.436. The summed E-state index contributed by atoms with van der Waals surface area (Å²) in [4.78, 5) is 2.54. The van der Waals surface area contributed by atoms with Crippen molar-refractivity contribution in [3.05, 3.63) is 28.2 Å². The van der Waals surface area contributed by atoms with E-state index in [1.807, 2.05) is 6.07 Å². The highest BCUT2D eigenvalue weighted by Crippen LogP contribution is 2.38. The van der Waals surface area contributed by atoms with Crippen LogP contribution in [0.3, 0.4) is 0 Å². The summed E-state index contributed by atoms with van der Waals surface area (Å²) in [5.41, 5.74) is 7.32. The number of ether oxygens (including phenoxy) is 1. The fourth-order valence-electron chi connectivity index (χ4n) is 3.10. The smallest absolute Gasteiger partial charge is 0.133 e. The number of halogens is 1. The molecule has 19 heavy (non-hydrogen) atoms. The van der Waals surface area contributed by atoms with Gasteiger partial charge in [-0.25, -0.2) is 0 Å². The number of benzene rings is 1. The van der Waals surface area contributed by atoms with Crippen molar-refractivity contribution in [3.63, 3.8) is 0 Å². The average molecular weight is 327 g/mol. The largest absolute Gasteiger partial charge is 0.496 e. The van der Waals surface area contributed by atoms with Crippen molar-refractivity contribution >= 4 is 15.9 Å². The first-order chi connectivity index (χ1) is 9.21. The second-order valence-electron chi connectivity index (χ2n) is 5.11. The van der Waals surface area contributed by atoms with Crippen molar-refractivity contribution in [3.8, 4) is 5.75 Å². The fraction of sp³-hybridized carbons (Fsp3) is 0.600. The molecule has 106 valence electrons. The van der Waals surface area contributed by atoms with Crippen LogP contribution in [0, 0.1) is 5.92 Å². The standard InChI is InChI=1S/C15H23BrN2O/c1-3-18-8-4-5-12(10-17)15(18)11-6-7-14(19-2)13(16)9-11/h6-7,9,12,15H,3-5,8,10,17H2,1-2H3. The Morgan fingerprint density at radius 2 is 2.26 bits per heavy atom. The molecule has 0 spiro atoms. The molecule has 3 nitrogen and oxygen atoms in total. The Balaban J connectivity index is 2.32. The van der Waals surface area contributed by atoms with Gasteiger partial charge in [0.15, 0.2) is 0 Å². The van der Waals surface area contributed by atoms with E-state index in [9.17, 15) is 0 Å². The molecule has 0 radical (unpaired) electrons. The first-order valence-electron chi connectivity index (χ1n) is 6.98. The third-order valence-electron chi connectivity index (χ3n) is 4.09. The molecule has 1 saturated heterocycles. The maximum absolute atomic E-state index is 5.98. The number of hydrogen-bond donors (Lipinski definition) is 1. The zero-order valence-corrected chi connectivity index (χ0v) is 13.3. The Hall–Kier alpha value is -0.580. The molecule has 1 aromatic rings. The molecule has 0 aliphatic carbocycles. The number of rotatable bonds is 4. The molecule has 4 heteroatoms. The van der Waals surface area contributed by atoms with E-state index < -0.39 is 0 Å². The topological polar surface area (TPSA) is 38.5 Å². The Kier molecular flexibility index (Phi) is 5.25. The number of nitrogens with zero attached hydrogens (tertiary/aromatic N) is 1. The van der Waals surface area contributed by atoms with E-state index in [1.54, 1.807) is 7.11 Å². The summed E-state index contributed by atoms with van der Waals surface area (Å²) in [5, 5.41) is 0. The lowest BCUT2D eigenvalue weighted by molar-refractivity contribution is 0.102. The van der Waals surface area contributed by atoms with Gasteiger partial charge in [-0.05, 0) is 72.0 Å². The molecular weight excluding hydrogens is 304 g/mol. The van der Waals surface area contributed by atoms with Crippen molar-refractivity contribution in [2.45, 2.75) is 25.8 Å². The molecular formula is C15H23BrN2O. The van der Waals surface area contributed by atoms with Crippen molar-refractivity contribution in [1.29, 1.82) is 0 Å². The molecule has 2 unspecified atom stereocenters. The summed E-state index contributed by atoms with van der Waals surface area (Å²) >= 11 is 3.58. The maximum Gasteiger partial charge on any atom is 0.133 e. The van der Waals surface area contributed by atoms with Gasteiger partial charge in [-0.2, -0.15) is 0 Å². The van der Waals surface area contributed by atoms with Crippen molar-refractivity contribution in [2.75, 3.05) is 26.7 Å². The van der Waals surface area contributed by atoms with Crippen LogP contribution < -0.4 is 10.5 Å². The normalized spacial score (nSPS) is 24.4. The molecule has 0 saturated carbocycles. The van der Waals surface area contributed by atoms with Crippen LogP contribution in [0.15, 0.2) is 22.7 Å². The van der Waals surface area contributed by atoms with Crippen LogP contribution in [0.25, 0.3) is 0 Å². The first kappa shape index (κ1) is 14.8. The van der Waals surface area contributed by atoms with Gasteiger partial charge in [0.2, 0.25) is 0 Å². The highest BCUT2D eigenvalue weighted by molar-refractivity contribution is 9.10. The summed E-state index contributed by atoms with van der Waals surface area (Å²) < 4.78 is 6.33.